The monoisotopic (exact) mass is 450 g/mol. The van der Waals surface area contributed by atoms with Crippen molar-refractivity contribution in [2.24, 2.45) is 0 Å². The summed E-state index contributed by atoms with van der Waals surface area (Å²) in [4.78, 5) is 0. The van der Waals surface area contributed by atoms with Crippen LogP contribution in [0, 0.1) is 0 Å². The maximum atomic E-state index is 2.39. The van der Waals surface area contributed by atoms with Crippen molar-refractivity contribution in [3.63, 3.8) is 0 Å². The van der Waals surface area contributed by atoms with Crippen molar-refractivity contribution < 1.29 is 0 Å². The van der Waals surface area contributed by atoms with Crippen LogP contribution < -0.4 is 18.5 Å². The molecule has 0 aliphatic carbocycles. The van der Waals surface area contributed by atoms with Crippen molar-refractivity contribution in [1.82, 2.24) is 0 Å². The van der Waals surface area contributed by atoms with Crippen LogP contribution in [0.2, 0.25) is 0 Å². The van der Waals surface area contributed by atoms with Gasteiger partial charge >= 0.3 is 0 Å². The zero-order valence-electron chi connectivity index (χ0n) is 14.4. The van der Waals surface area contributed by atoms with Gasteiger partial charge in [0.15, 0.2) is 0 Å². The van der Waals surface area contributed by atoms with E-state index in [1.807, 2.05) is 45.3 Å². The van der Waals surface area contributed by atoms with Gasteiger partial charge in [0.25, 0.3) is 0 Å². The summed E-state index contributed by atoms with van der Waals surface area (Å²) in [7, 11) is -0.506. The van der Waals surface area contributed by atoms with Gasteiger partial charge < -0.3 is 0 Å². The molecule has 0 radical (unpaired) electrons. The third-order valence-electron chi connectivity index (χ3n) is 4.26. The summed E-state index contributed by atoms with van der Waals surface area (Å²) in [5.74, 6) is 0. The lowest BCUT2D eigenvalue weighted by molar-refractivity contribution is 0.908. The maximum Gasteiger partial charge on any atom is 0.0334 e. The molecule has 134 valence electrons. The van der Waals surface area contributed by atoms with Crippen molar-refractivity contribution in [2.75, 3.05) is 6.16 Å². The second kappa shape index (κ2) is 9.24. The maximum absolute atomic E-state index is 2.39. The second-order valence-corrected chi connectivity index (χ2v) is 15.5. The van der Waals surface area contributed by atoms with Crippen LogP contribution in [0.5, 0.6) is 0 Å². The Bertz CT molecular complexity index is 796. The van der Waals surface area contributed by atoms with Gasteiger partial charge in [-0.05, 0) is 79.9 Å². The van der Waals surface area contributed by atoms with Crippen LogP contribution in [0.3, 0.4) is 0 Å². The largest absolute Gasteiger partial charge is 0.144 e. The Morgan fingerprint density at radius 2 is 1.12 bits per heavy atom. The Balaban J connectivity index is 1.68. The number of rotatable bonds is 8. The lowest BCUT2D eigenvalue weighted by atomic mass is 10.4. The van der Waals surface area contributed by atoms with Gasteiger partial charge in [0.05, 0.1) is 0 Å². The summed E-state index contributed by atoms with van der Waals surface area (Å²) in [6.07, 6.45) is 2.55. The van der Waals surface area contributed by atoms with E-state index >= 15 is 0 Å². The van der Waals surface area contributed by atoms with Crippen LogP contribution in [0.15, 0.2) is 70.1 Å². The molecule has 0 aliphatic heterocycles. The molecule has 0 bridgehead atoms. The second-order valence-electron chi connectivity index (χ2n) is 5.85. The van der Waals surface area contributed by atoms with E-state index in [4.69, 9.17) is 0 Å². The molecule has 26 heavy (non-hydrogen) atoms. The van der Waals surface area contributed by atoms with E-state index in [2.05, 4.69) is 77.0 Å². The van der Waals surface area contributed by atoms with Crippen molar-refractivity contribution in [2.45, 2.75) is 19.0 Å². The van der Waals surface area contributed by atoms with Gasteiger partial charge in [-0.15, -0.1) is 45.3 Å². The Labute approximate surface area is 174 Å². The highest BCUT2D eigenvalue weighted by Crippen LogP contribution is 2.50. The van der Waals surface area contributed by atoms with Crippen LogP contribution in [-0.4, -0.2) is 11.8 Å². The van der Waals surface area contributed by atoms with Crippen LogP contribution in [0.1, 0.15) is 13.3 Å². The third kappa shape index (κ3) is 4.22. The highest BCUT2D eigenvalue weighted by atomic mass is 32.1. The smallest absolute Gasteiger partial charge is 0.0334 e. The number of thiophene rings is 4. The fourth-order valence-electron chi connectivity index (χ4n) is 3.02. The molecular weight excluding hydrogens is 430 g/mol. The molecule has 0 fully saturated rings. The molecule has 0 N–H and O–H groups in total. The van der Waals surface area contributed by atoms with E-state index in [0.717, 1.165) is 5.66 Å². The molecule has 0 saturated heterocycles. The van der Waals surface area contributed by atoms with Crippen LogP contribution in [-0.2, 0) is 0 Å². The summed E-state index contributed by atoms with van der Waals surface area (Å²) >= 11 is 7.76. The number of hydrogen-bond donors (Lipinski definition) is 0. The zero-order chi connectivity index (χ0) is 17.8. The third-order valence-corrected chi connectivity index (χ3v) is 15.7. The predicted molar refractivity (Wildman–Crippen MR) is 129 cm³/mol. The molecule has 4 heterocycles. The van der Waals surface area contributed by atoms with E-state index in [0.29, 0.717) is 0 Å². The van der Waals surface area contributed by atoms with Crippen molar-refractivity contribution in [3.8, 4) is 0 Å². The summed E-state index contributed by atoms with van der Waals surface area (Å²) in [5, 5.41) is 8.96. The first-order valence-corrected chi connectivity index (χ1v) is 15.0. The minimum absolute atomic E-state index is 0.244. The molecule has 0 amide bonds. The van der Waals surface area contributed by atoms with Gasteiger partial charge in [0.1, 0.15) is 0 Å². The molecule has 4 aromatic heterocycles. The van der Waals surface area contributed by atoms with E-state index < -0.39 is 0 Å². The first kappa shape index (κ1) is 19.0. The normalized spacial score (nSPS) is 12.9. The molecule has 0 aromatic carbocycles. The fourth-order valence-corrected chi connectivity index (χ4v) is 15.1. The summed E-state index contributed by atoms with van der Waals surface area (Å²) in [6, 6.07) is 18.3. The van der Waals surface area contributed by atoms with E-state index in [1.54, 1.807) is 18.5 Å². The quantitative estimate of drug-likeness (QED) is 0.277. The van der Waals surface area contributed by atoms with Crippen molar-refractivity contribution in [1.29, 1.82) is 0 Å². The van der Waals surface area contributed by atoms with Gasteiger partial charge in [-0.1, -0.05) is 31.2 Å². The van der Waals surface area contributed by atoms with Crippen LogP contribution >= 0.6 is 61.2 Å². The molecule has 4 rings (SSSR count). The van der Waals surface area contributed by atoms with Gasteiger partial charge in [-0.25, -0.2) is 0 Å². The van der Waals surface area contributed by atoms with E-state index in [9.17, 15) is 0 Å². The molecule has 0 aliphatic rings. The molecule has 4 aromatic rings. The highest BCUT2D eigenvalue weighted by Gasteiger charge is 2.29. The van der Waals surface area contributed by atoms with Crippen molar-refractivity contribution >= 4 is 79.7 Å². The van der Waals surface area contributed by atoms with Gasteiger partial charge in [0.2, 0.25) is 0 Å². The van der Waals surface area contributed by atoms with Crippen molar-refractivity contribution in [3.05, 3.63) is 70.1 Å². The summed E-state index contributed by atoms with van der Waals surface area (Å²) in [6.45, 7) is 2.39. The molecule has 0 spiro atoms. The Morgan fingerprint density at radius 1 is 0.692 bits per heavy atom. The first-order chi connectivity index (χ1) is 12.9. The van der Waals surface area contributed by atoms with Crippen LogP contribution in [0.25, 0.3) is 0 Å². The Morgan fingerprint density at radius 3 is 1.46 bits per heavy atom. The molecule has 0 saturated carbocycles. The summed E-state index contributed by atoms with van der Waals surface area (Å²) in [5.41, 5.74) is 0.734. The first-order valence-electron chi connectivity index (χ1n) is 8.57. The van der Waals surface area contributed by atoms with Gasteiger partial charge in [-0.2, -0.15) is 0 Å². The van der Waals surface area contributed by atoms with Gasteiger partial charge in [-0.3, -0.25) is 0 Å². The molecule has 6 heteroatoms. The molecule has 1 atom stereocenters. The van der Waals surface area contributed by atoms with Crippen LogP contribution in [0.4, 0.5) is 0 Å². The fraction of sp³-hybridized carbons (Fsp3) is 0.200. The lowest BCUT2D eigenvalue weighted by Crippen LogP contribution is -2.24. The molecular formula is C20H20P2S4. The van der Waals surface area contributed by atoms with Gasteiger partial charge in [0, 0.05) is 18.5 Å². The minimum atomic E-state index is -0.262. The molecule has 0 nitrogen and oxygen atoms in total. The topological polar surface area (TPSA) is 0 Å². The lowest BCUT2D eigenvalue weighted by Gasteiger charge is -2.28. The predicted octanol–water partition coefficient (Wildman–Crippen LogP) is 6.28. The average Bonchev–Trinajstić information content (AvgIpc) is 3.46. The summed E-state index contributed by atoms with van der Waals surface area (Å²) < 4.78 is 6.32. The van der Waals surface area contributed by atoms with E-state index in [-0.39, 0.29) is 15.8 Å². The Kier molecular flexibility index (Phi) is 6.75. The standard InChI is InChI=1S/C20H20P2S4/c1-2-16(22(19-9-5-13-25-19)20-10-6-14-26-20)15-21(17-7-3-11-23-17)18-8-4-12-24-18/h3-14,16H,2,15H2,1H3. The van der Waals surface area contributed by atoms with E-state index in [1.165, 1.54) is 12.6 Å². The SMILES string of the molecule is CCC(CP(c1cccs1)c1cccs1)P(c1cccs1)c1cccs1. The average molecular weight is 451 g/mol. The minimum Gasteiger partial charge on any atom is -0.144 e. The number of hydrogen-bond acceptors (Lipinski definition) is 4. The highest BCUT2D eigenvalue weighted by molar-refractivity contribution is 7.85. The molecule has 1 unspecified atom stereocenters. The Hall–Kier alpha value is -0.340. The zero-order valence-corrected chi connectivity index (χ0v) is 19.5.